The van der Waals surface area contributed by atoms with Gasteiger partial charge in [0.2, 0.25) is 5.89 Å². The Morgan fingerprint density at radius 3 is 2.88 bits per heavy atom. The summed E-state index contributed by atoms with van der Waals surface area (Å²) in [5, 5.41) is 13.1. The molecule has 1 aliphatic heterocycles. The van der Waals surface area contributed by atoms with E-state index in [4.69, 9.17) is 4.52 Å². The van der Waals surface area contributed by atoms with Crippen molar-refractivity contribution in [3.8, 4) is 6.07 Å². The summed E-state index contributed by atoms with van der Waals surface area (Å²) in [6.07, 6.45) is 2.95. The van der Waals surface area contributed by atoms with Crippen molar-refractivity contribution in [2.24, 2.45) is 5.92 Å². The second kappa shape index (κ2) is 6.43. The van der Waals surface area contributed by atoms with Gasteiger partial charge in [-0.25, -0.2) is 9.36 Å². The third-order valence-electron chi connectivity index (χ3n) is 4.19. The lowest BCUT2D eigenvalue weighted by Gasteiger charge is -2.08. The number of rotatable bonds is 5. The van der Waals surface area contributed by atoms with E-state index in [2.05, 4.69) is 24.0 Å². The topological polar surface area (TPSA) is 107 Å². The van der Waals surface area contributed by atoms with E-state index in [-0.39, 0.29) is 18.0 Å². The fourth-order valence-corrected chi connectivity index (χ4v) is 2.90. The molecule has 0 bridgehead atoms. The molecule has 2 aromatic rings. The summed E-state index contributed by atoms with van der Waals surface area (Å²) in [5.41, 5.74) is -0.440. The largest absolute Gasteiger partial charge is 0.337 e. The van der Waals surface area contributed by atoms with Gasteiger partial charge in [0.1, 0.15) is 18.2 Å². The van der Waals surface area contributed by atoms with Crippen LogP contribution in [0.5, 0.6) is 0 Å². The maximum atomic E-state index is 12.5. The van der Waals surface area contributed by atoms with Gasteiger partial charge in [-0.15, -0.1) is 0 Å². The molecule has 0 aliphatic carbocycles. The van der Waals surface area contributed by atoms with E-state index in [1.54, 1.807) is 0 Å². The zero-order valence-corrected chi connectivity index (χ0v) is 13.8. The van der Waals surface area contributed by atoms with Gasteiger partial charge < -0.3 is 4.52 Å². The molecular weight excluding hydrogens is 310 g/mol. The number of nitrogens with zero attached hydrogens (tertiary/aromatic N) is 5. The molecule has 0 N–H and O–H groups in total. The van der Waals surface area contributed by atoms with Gasteiger partial charge in [0, 0.05) is 18.7 Å². The van der Waals surface area contributed by atoms with Gasteiger partial charge in [-0.3, -0.25) is 9.36 Å². The van der Waals surface area contributed by atoms with Gasteiger partial charge in [0.15, 0.2) is 5.82 Å². The summed E-state index contributed by atoms with van der Waals surface area (Å²) >= 11 is 0. The normalized spacial score (nSPS) is 13.2. The Hall–Kier alpha value is -2.69. The Kier molecular flexibility index (Phi) is 4.34. The fourth-order valence-electron chi connectivity index (χ4n) is 2.90. The standard InChI is InChI=1S/C16H19N5O3/c1-10(2)5-6-13-18-14(24-19-13)9-21-15(22)11(8-17)12-4-3-7-20(12)16(21)23/h10H,3-7,9H2,1-2H3. The molecule has 0 fully saturated rings. The number of nitriles is 1. The Bertz CT molecular complexity index is 913. The van der Waals surface area contributed by atoms with Crippen LogP contribution in [0.2, 0.25) is 0 Å². The van der Waals surface area contributed by atoms with Crippen molar-refractivity contribution in [1.82, 2.24) is 19.3 Å². The maximum absolute atomic E-state index is 12.5. The van der Waals surface area contributed by atoms with E-state index < -0.39 is 11.2 Å². The molecule has 0 atom stereocenters. The highest BCUT2D eigenvalue weighted by Gasteiger charge is 2.23. The van der Waals surface area contributed by atoms with Crippen molar-refractivity contribution < 1.29 is 4.52 Å². The van der Waals surface area contributed by atoms with Gasteiger partial charge in [-0.05, 0) is 25.2 Å². The molecule has 1 aliphatic rings. The molecule has 3 rings (SSSR count). The van der Waals surface area contributed by atoms with Crippen molar-refractivity contribution in [2.75, 3.05) is 0 Å². The molecular formula is C16H19N5O3. The van der Waals surface area contributed by atoms with Crippen molar-refractivity contribution in [2.45, 2.75) is 52.6 Å². The van der Waals surface area contributed by atoms with E-state index in [9.17, 15) is 14.9 Å². The molecule has 0 unspecified atom stereocenters. The van der Waals surface area contributed by atoms with E-state index in [0.717, 1.165) is 17.4 Å². The highest BCUT2D eigenvalue weighted by atomic mass is 16.5. The van der Waals surface area contributed by atoms with Crippen LogP contribution in [0.3, 0.4) is 0 Å². The Morgan fingerprint density at radius 2 is 2.17 bits per heavy atom. The Balaban J connectivity index is 1.93. The van der Waals surface area contributed by atoms with Crippen LogP contribution in [0.15, 0.2) is 14.1 Å². The highest BCUT2D eigenvalue weighted by Crippen LogP contribution is 2.13. The van der Waals surface area contributed by atoms with Crippen LogP contribution in [-0.4, -0.2) is 19.3 Å². The van der Waals surface area contributed by atoms with Gasteiger partial charge in [0.05, 0.1) is 0 Å². The third kappa shape index (κ3) is 2.89. The van der Waals surface area contributed by atoms with E-state index in [1.165, 1.54) is 4.57 Å². The predicted molar refractivity (Wildman–Crippen MR) is 84.6 cm³/mol. The summed E-state index contributed by atoms with van der Waals surface area (Å²) in [5.74, 6) is 1.29. The third-order valence-corrected chi connectivity index (χ3v) is 4.19. The lowest BCUT2D eigenvalue weighted by atomic mass is 10.1. The second-order valence-electron chi connectivity index (χ2n) is 6.40. The van der Waals surface area contributed by atoms with Crippen molar-refractivity contribution in [3.63, 3.8) is 0 Å². The van der Waals surface area contributed by atoms with Gasteiger partial charge in [-0.1, -0.05) is 19.0 Å². The van der Waals surface area contributed by atoms with Crippen LogP contribution in [0.25, 0.3) is 0 Å². The van der Waals surface area contributed by atoms with Crippen LogP contribution < -0.4 is 11.2 Å². The van der Waals surface area contributed by atoms with Crippen LogP contribution in [0.1, 0.15) is 49.7 Å². The molecule has 126 valence electrons. The lowest BCUT2D eigenvalue weighted by Crippen LogP contribution is -2.42. The summed E-state index contributed by atoms with van der Waals surface area (Å²) in [7, 11) is 0. The van der Waals surface area contributed by atoms with Crippen LogP contribution in [-0.2, 0) is 25.9 Å². The molecule has 0 saturated heterocycles. The van der Waals surface area contributed by atoms with Crippen LogP contribution >= 0.6 is 0 Å². The minimum atomic E-state index is -0.586. The molecule has 8 heteroatoms. The minimum Gasteiger partial charge on any atom is -0.337 e. The minimum absolute atomic E-state index is 0.0339. The molecule has 2 aromatic heterocycles. The molecule has 3 heterocycles. The molecule has 0 saturated carbocycles. The Morgan fingerprint density at radius 1 is 1.38 bits per heavy atom. The molecule has 24 heavy (non-hydrogen) atoms. The first-order chi connectivity index (χ1) is 11.5. The number of aryl methyl sites for hydroxylation is 1. The zero-order valence-electron chi connectivity index (χ0n) is 13.8. The first-order valence-corrected chi connectivity index (χ1v) is 8.09. The molecule has 0 spiro atoms. The summed E-state index contributed by atoms with van der Waals surface area (Å²) in [6.45, 7) is 4.62. The van der Waals surface area contributed by atoms with Crippen LogP contribution in [0.4, 0.5) is 0 Å². The number of hydrogen-bond acceptors (Lipinski definition) is 6. The van der Waals surface area contributed by atoms with Crippen molar-refractivity contribution in [3.05, 3.63) is 43.8 Å². The number of fused-ring (bicyclic) bond motifs is 1. The molecule has 0 radical (unpaired) electrons. The fraction of sp³-hybridized carbons (Fsp3) is 0.562. The number of aromatic nitrogens is 4. The highest BCUT2D eigenvalue weighted by molar-refractivity contribution is 5.33. The van der Waals surface area contributed by atoms with Gasteiger partial charge >= 0.3 is 5.69 Å². The van der Waals surface area contributed by atoms with E-state index >= 15 is 0 Å². The second-order valence-corrected chi connectivity index (χ2v) is 6.40. The van der Waals surface area contributed by atoms with Gasteiger partial charge in [-0.2, -0.15) is 10.2 Å². The summed E-state index contributed by atoms with van der Waals surface area (Å²) in [4.78, 5) is 29.2. The van der Waals surface area contributed by atoms with Crippen molar-refractivity contribution in [1.29, 1.82) is 5.26 Å². The van der Waals surface area contributed by atoms with Crippen LogP contribution in [0, 0.1) is 17.2 Å². The average Bonchev–Trinajstić information content (AvgIpc) is 3.19. The average molecular weight is 329 g/mol. The number of hydrogen-bond donors (Lipinski definition) is 0. The summed E-state index contributed by atoms with van der Waals surface area (Å²) in [6, 6.07) is 1.93. The predicted octanol–water partition coefficient (Wildman–Crippen LogP) is 0.848. The van der Waals surface area contributed by atoms with Crippen molar-refractivity contribution >= 4 is 0 Å². The smallest absolute Gasteiger partial charge is 0.331 e. The zero-order chi connectivity index (χ0) is 17.3. The first kappa shape index (κ1) is 16.2. The quantitative estimate of drug-likeness (QED) is 0.805. The molecule has 0 amide bonds. The molecule has 8 nitrogen and oxygen atoms in total. The lowest BCUT2D eigenvalue weighted by molar-refractivity contribution is 0.360. The van der Waals surface area contributed by atoms with E-state index in [0.29, 0.717) is 36.8 Å². The maximum Gasteiger partial charge on any atom is 0.331 e. The van der Waals surface area contributed by atoms with Gasteiger partial charge in [0.25, 0.3) is 5.56 Å². The van der Waals surface area contributed by atoms with E-state index in [1.807, 2.05) is 6.07 Å². The first-order valence-electron chi connectivity index (χ1n) is 8.09. The monoisotopic (exact) mass is 329 g/mol. The Labute approximate surface area is 138 Å². The molecule has 0 aromatic carbocycles. The summed E-state index contributed by atoms with van der Waals surface area (Å²) < 4.78 is 7.65. The SMILES string of the molecule is CC(C)CCc1noc(Cn2c(=O)c(C#N)c3n(c2=O)CCC3)n1.